The highest BCUT2D eigenvalue weighted by Crippen LogP contribution is 2.29. The molecule has 2 rings (SSSR count). The van der Waals surface area contributed by atoms with Gasteiger partial charge in [0.1, 0.15) is 18.1 Å². The Labute approximate surface area is 177 Å². The Morgan fingerprint density at radius 2 is 1.77 bits per heavy atom. The maximum atomic E-state index is 13.0. The highest BCUT2D eigenvalue weighted by atomic mass is 16.5. The molecule has 0 spiro atoms. The van der Waals surface area contributed by atoms with E-state index in [2.05, 4.69) is 24.5 Å². The number of carbonyl (C=O) groups is 4. The van der Waals surface area contributed by atoms with E-state index in [1.54, 1.807) is 6.92 Å². The second-order valence-electron chi connectivity index (χ2n) is 8.18. The van der Waals surface area contributed by atoms with Crippen LogP contribution in [0, 0.1) is 5.92 Å². The predicted molar refractivity (Wildman–Crippen MR) is 112 cm³/mol. The quantitative estimate of drug-likeness (QED) is 0.499. The number of hydrogen-bond donors (Lipinski definition) is 2. The van der Waals surface area contributed by atoms with Crippen LogP contribution in [0.25, 0.3) is 0 Å². The number of methoxy groups -OCH3 is 1. The van der Waals surface area contributed by atoms with Crippen molar-refractivity contribution in [1.29, 1.82) is 0 Å². The van der Waals surface area contributed by atoms with E-state index < -0.39 is 41.9 Å². The number of benzene rings is 1. The summed E-state index contributed by atoms with van der Waals surface area (Å²) in [5.41, 5.74) is 0.500. The minimum absolute atomic E-state index is 0.158. The Morgan fingerprint density at radius 1 is 1.17 bits per heavy atom. The summed E-state index contributed by atoms with van der Waals surface area (Å²) in [6.45, 7) is 8.98. The van der Waals surface area contributed by atoms with Crippen molar-refractivity contribution >= 4 is 23.8 Å². The summed E-state index contributed by atoms with van der Waals surface area (Å²) in [4.78, 5) is 50.9. The molecule has 164 valence electrons. The van der Waals surface area contributed by atoms with E-state index in [0.29, 0.717) is 17.9 Å². The molecule has 0 bridgehead atoms. The Bertz CT molecular complexity index is 821. The number of hydrogen-bond acceptors (Lipinski definition) is 5. The summed E-state index contributed by atoms with van der Waals surface area (Å²) in [6, 6.07) is 5.98. The van der Waals surface area contributed by atoms with Crippen LogP contribution in [-0.2, 0) is 24.7 Å². The highest BCUT2D eigenvalue weighted by Gasteiger charge is 2.49. The fourth-order valence-corrected chi connectivity index (χ4v) is 3.40. The molecule has 1 aromatic rings. The van der Waals surface area contributed by atoms with Crippen LogP contribution in [0.1, 0.15) is 58.1 Å². The van der Waals surface area contributed by atoms with Gasteiger partial charge in [0, 0.05) is 0 Å². The molecule has 8 heteroatoms. The Kier molecular flexibility index (Phi) is 7.23. The number of ether oxygens (including phenoxy) is 1. The molecule has 3 atom stereocenters. The second-order valence-corrected chi connectivity index (χ2v) is 8.18. The standard InChI is InChI=1S/C22H31N3O5/c1-7-14(4)18(19(27)30-6)23-17(26)12-25-20(28)22(5,24-21(25)29)16-10-8-15(9-11-16)13(2)3/h8-11,13-14,18H,7,12H2,1-6H3,(H,23,26)(H,24,29)/t14-,18-,22-/m1/s1. The molecule has 0 aromatic heterocycles. The molecule has 1 heterocycles. The molecule has 0 radical (unpaired) electrons. The van der Waals surface area contributed by atoms with Crippen LogP contribution < -0.4 is 10.6 Å². The lowest BCUT2D eigenvalue weighted by atomic mass is 9.90. The smallest absolute Gasteiger partial charge is 0.328 e. The third-order valence-corrected chi connectivity index (χ3v) is 5.72. The maximum absolute atomic E-state index is 13.0. The van der Waals surface area contributed by atoms with Crippen molar-refractivity contribution in [3.05, 3.63) is 35.4 Å². The SMILES string of the molecule is CC[C@@H](C)[C@@H](NC(=O)CN1C(=O)N[C@](C)(c2ccc(C(C)C)cc2)C1=O)C(=O)OC. The maximum Gasteiger partial charge on any atom is 0.328 e. The van der Waals surface area contributed by atoms with E-state index in [1.165, 1.54) is 7.11 Å². The lowest BCUT2D eigenvalue weighted by Crippen LogP contribution is -2.50. The largest absolute Gasteiger partial charge is 0.467 e. The van der Waals surface area contributed by atoms with Crippen molar-refractivity contribution in [3.63, 3.8) is 0 Å². The Balaban J connectivity index is 2.15. The van der Waals surface area contributed by atoms with E-state index >= 15 is 0 Å². The number of nitrogens with zero attached hydrogens (tertiary/aromatic N) is 1. The zero-order chi connectivity index (χ0) is 22.6. The van der Waals surface area contributed by atoms with Crippen molar-refractivity contribution in [1.82, 2.24) is 15.5 Å². The third-order valence-electron chi connectivity index (χ3n) is 5.72. The average molecular weight is 418 g/mol. The fourth-order valence-electron chi connectivity index (χ4n) is 3.40. The summed E-state index contributed by atoms with van der Waals surface area (Å²) >= 11 is 0. The van der Waals surface area contributed by atoms with Crippen molar-refractivity contribution in [2.45, 2.75) is 58.5 Å². The van der Waals surface area contributed by atoms with Crippen molar-refractivity contribution in [2.75, 3.05) is 13.7 Å². The van der Waals surface area contributed by atoms with E-state index in [0.717, 1.165) is 10.5 Å². The first kappa shape index (κ1) is 23.4. The van der Waals surface area contributed by atoms with Gasteiger partial charge >= 0.3 is 12.0 Å². The van der Waals surface area contributed by atoms with Gasteiger partial charge in [0.15, 0.2) is 0 Å². The molecule has 1 aliphatic rings. The van der Waals surface area contributed by atoms with Crippen LogP contribution >= 0.6 is 0 Å². The normalized spacial score (nSPS) is 20.7. The van der Waals surface area contributed by atoms with Gasteiger partial charge in [-0.2, -0.15) is 0 Å². The number of esters is 1. The molecule has 0 unspecified atom stereocenters. The Hall–Kier alpha value is -2.90. The average Bonchev–Trinajstić information content (AvgIpc) is 2.94. The van der Waals surface area contributed by atoms with E-state index in [4.69, 9.17) is 4.74 Å². The van der Waals surface area contributed by atoms with Gasteiger partial charge in [0.25, 0.3) is 5.91 Å². The van der Waals surface area contributed by atoms with E-state index in [-0.39, 0.29) is 5.92 Å². The molecular weight excluding hydrogens is 386 g/mol. The van der Waals surface area contributed by atoms with Gasteiger partial charge in [-0.05, 0) is 29.9 Å². The lowest BCUT2D eigenvalue weighted by molar-refractivity contribution is -0.146. The summed E-state index contributed by atoms with van der Waals surface area (Å²) in [5, 5.41) is 5.27. The topological polar surface area (TPSA) is 105 Å². The van der Waals surface area contributed by atoms with Crippen molar-refractivity contribution < 1.29 is 23.9 Å². The summed E-state index contributed by atoms with van der Waals surface area (Å²) in [5.74, 6) is -1.50. The molecule has 30 heavy (non-hydrogen) atoms. The minimum Gasteiger partial charge on any atom is -0.467 e. The van der Waals surface area contributed by atoms with Crippen LogP contribution in [-0.4, -0.2) is 48.4 Å². The molecule has 0 saturated carbocycles. The van der Waals surface area contributed by atoms with Gasteiger partial charge in [0.05, 0.1) is 7.11 Å². The number of carbonyl (C=O) groups excluding carboxylic acids is 4. The van der Waals surface area contributed by atoms with Crippen LogP contribution in [0.2, 0.25) is 0 Å². The molecule has 1 fully saturated rings. The number of rotatable bonds is 8. The molecular formula is C22H31N3O5. The van der Waals surface area contributed by atoms with Crippen molar-refractivity contribution in [2.24, 2.45) is 5.92 Å². The van der Waals surface area contributed by atoms with Gasteiger partial charge in [-0.3, -0.25) is 14.5 Å². The number of nitrogens with one attached hydrogen (secondary N) is 2. The van der Waals surface area contributed by atoms with Crippen LogP contribution in [0.5, 0.6) is 0 Å². The summed E-state index contributed by atoms with van der Waals surface area (Å²) in [6.07, 6.45) is 0.646. The summed E-state index contributed by atoms with van der Waals surface area (Å²) in [7, 11) is 1.25. The zero-order valence-corrected chi connectivity index (χ0v) is 18.4. The number of urea groups is 1. The highest BCUT2D eigenvalue weighted by molar-refractivity contribution is 6.09. The molecule has 8 nitrogen and oxygen atoms in total. The van der Waals surface area contributed by atoms with E-state index in [1.807, 2.05) is 38.1 Å². The van der Waals surface area contributed by atoms with Gasteiger partial charge in [0.2, 0.25) is 5.91 Å². The number of imide groups is 1. The molecule has 1 saturated heterocycles. The number of amides is 4. The zero-order valence-electron chi connectivity index (χ0n) is 18.4. The fraction of sp³-hybridized carbons (Fsp3) is 0.545. The molecule has 2 N–H and O–H groups in total. The predicted octanol–water partition coefficient (Wildman–Crippen LogP) is 2.28. The van der Waals surface area contributed by atoms with Crippen LogP contribution in [0.3, 0.4) is 0 Å². The van der Waals surface area contributed by atoms with E-state index in [9.17, 15) is 19.2 Å². The van der Waals surface area contributed by atoms with Gasteiger partial charge in [-0.1, -0.05) is 58.4 Å². The van der Waals surface area contributed by atoms with Gasteiger partial charge in [-0.25, -0.2) is 9.59 Å². The van der Waals surface area contributed by atoms with Crippen LogP contribution in [0.15, 0.2) is 24.3 Å². The van der Waals surface area contributed by atoms with Gasteiger partial charge in [-0.15, -0.1) is 0 Å². The second kappa shape index (κ2) is 9.28. The summed E-state index contributed by atoms with van der Waals surface area (Å²) < 4.78 is 4.75. The minimum atomic E-state index is -1.26. The third kappa shape index (κ3) is 4.63. The Morgan fingerprint density at radius 3 is 2.27 bits per heavy atom. The first-order chi connectivity index (χ1) is 14.0. The molecule has 1 aliphatic heterocycles. The molecule has 0 aliphatic carbocycles. The molecule has 4 amide bonds. The first-order valence-electron chi connectivity index (χ1n) is 10.2. The first-order valence-corrected chi connectivity index (χ1v) is 10.2. The monoisotopic (exact) mass is 417 g/mol. The molecule has 1 aromatic carbocycles. The lowest BCUT2D eigenvalue weighted by Gasteiger charge is -2.24. The van der Waals surface area contributed by atoms with Gasteiger partial charge < -0.3 is 15.4 Å². The van der Waals surface area contributed by atoms with Crippen molar-refractivity contribution in [3.8, 4) is 0 Å². The van der Waals surface area contributed by atoms with Crippen LogP contribution in [0.4, 0.5) is 4.79 Å².